The zero-order chi connectivity index (χ0) is 17.2. The molecule has 0 N–H and O–H groups in total. The van der Waals surface area contributed by atoms with E-state index in [-0.39, 0.29) is 24.1 Å². The Balaban J connectivity index is 2.75. The molecule has 0 saturated heterocycles. The van der Waals surface area contributed by atoms with Gasteiger partial charge in [0.15, 0.2) is 5.12 Å². The molecule has 0 radical (unpaired) electrons. The Hall–Kier alpha value is -1.82. The number of likely N-dealkylation sites (N-methyl/N-ethyl adjacent to an activating group) is 1. The number of benzene rings is 1. The van der Waals surface area contributed by atoms with Crippen molar-refractivity contribution in [3.8, 4) is 0 Å². The summed E-state index contributed by atoms with van der Waals surface area (Å²) in [7, 11) is 1.60. The van der Waals surface area contributed by atoms with Crippen LogP contribution in [0.4, 0.5) is 0 Å². The summed E-state index contributed by atoms with van der Waals surface area (Å²) >= 11 is 1.11. The van der Waals surface area contributed by atoms with Crippen LogP contribution in [0.3, 0.4) is 0 Å². The van der Waals surface area contributed by atoms with Gasteiger partial charge >= 0.3 is 5.97 Å². The minimum Gasteiger partial charge on any atom is -0.464 e. The van der Waals surface area contributed by atoms with Gasteiger partial charge in [-0.05, 0) is 12.5 Å². The van der Waals surface area contributed by atoms with Gasteiger partial charge in [-0.15, -0.1) is 0 Å². The number of carbonyl (C=O) groups excluding carboxylic acids is 3. The number of rotatable bonds is 8. The molecular formula is C17H23NO4S. The number of esters is 1. The molecule has 0 aromatic heterocycles. The maximum atomic E-state index is 12.3. The topological polar surface area (TPSA) is 63.7 Å². The molecule has 5 nitrogen and oxygen atoms in total. The highest BCUT2D eigenvalue weighted by Crippen LogP contribution is 2.12. The minimum absolute atomic E-state index is 0.0216. The van der Waals surface area contributed by atoms with E-state index in [0.29, 0.717) is 12.2 Å². The Labute approximate surface area is 141 Å². The van der Waals surface area contributed by atoms with Crippen LogP contribution in [0.5, 0.6) is 0 Å². The standard InChI is InChI=1S/C17H23NO4S/c1-4-22-17(21)15(12-14-8-6-5-7-9-14)18(3)16(20)10-11-23-13(2)19/h5-9,15H,4,10-12H2,1-3H3. The molecule has 126 valence electrons. The molecule has 0 heterocycles. The minimum atomic E-state index is -0.660. The van der Waals surface area contributed by atoms with Crippen LogP contribution in [0.1, 0.15) is 25.8 Å². The Morgan fingerprint density at radius 3 is 2.43 bits per heavy atom. The van der Waals surface area contributed by atoms with E-state index >= 15 is 0 Å². The molecule has 1 aromatic carbocycles. The predicted octanol–water partition coefficient (Wildman–Crippen LogP) is 2.29. The highest BCUT2D eigenvalue weighted by Gasteiger charge is 2.28. The fraction of sp³-hybridized carbons (Fsp3) is 0.471. The van der Waals surface area contributed by atoms with Gasteiger partial charge in [0.25, 0.3) is 0 Å². The van der Waals surface area contributed by atoms with Crippen LogP contribution < -0.4 is 0 Å². The summed E-state index contributed by atoms with van der Waals surface area (Å²) < 4.78 is 5.10. The lowest BCUT2D eigenvalue weighted by Gasteiger charge is -2.26. The van der Waals surface area contributed by atoms with Gasteiger partial charge in [0.05, 0.1) is 6.61 Å². The molecule has 0 saturated carbocycles. The second-order valence-corrected chi connectivity index (χ2v) is 6.32. The van der Waals surface area contributed by atoms with E-state index in [9.17, 15) is 14.4 Å². The molecule has 1 amide bonds. The first-order chi connectivity index (χ1) is 11.0. The number of amides is 1. The maximum Gasteiger partial charge on any atom is 0.329 e. The fourth-order valence-electron chi connectivity index (χ4n) is 2.09. The van der Waals surface area contributed by atoms with E-state index in [1.54, 1.807) is 14.0 Å². The smallest absolute Gasteiger partial charge is 0.329 e. The normalized spacial score (nSPS) is 11.6. The third-order valence-electron chi connectivity index (χ3n) is 3.31. The number of hydrogen-bond acceptors (Lipinski definition) is 5. The van der Waals surface area contributed by atoms with Gasteiger partial charge < -0.3 is 9.64 Å². The number of hydrogen-bond donors (Lipinski definition) is 0. The molecule has 0 aliphatic heterocycles. The lowest BCUT2D eigenvalue weighted by molar-refractivity contribution is -0.153. The Kier molecular flexibility index (Phi) is 8.40. The number of nitrogens with zero attached hydrogens (tertiary/aromatic N) is 1. The van der Waals surface area contributed by atoms with Gasteiger partial charge in [0.1, 0.15) is 6.04 Å². The monoisotopic (exact) mass is 337 g/mol. The number of carbonyl (C=O) groups is 3. The summed E-state index contributed by atoms with van der Waals surface area (Å²) in [5, 5.41) is -0.0216. The summed E-state index contributed by atoms with van der Waals surface area (Å²) in [6, 6.07) is 8.85. The molecule has 1 rings (SSSR count). The molecule has 0 fully saturated rings. The Morgan fingerprint density at radius 1 is 1.22 bits per heavy atom. The van der Waals surface area contributed by atoms with E-state index < -0.39 is 12.0 Å². The van der Waals surface area contributed by atoms with Gasteiger partial charge in [-0.1, -0.05) is 42.1 Å². The largest absolute Gasteiger partial charge is 0.464 e. The Bertz CT molecular complexity index is 533. The molecule has 0 aliphatic carbocycles. The van der Waals surface area contributed by atoms with Gasteiger partial charge in [-0.2, -0.15) is 0 Å². The third-order valence-corrected chi connectivity index (χ3v) is 4.13. The second kappa shape index (κ2) is 10.0. The Morgan fingerprint density at radius 2 is 1.87 bits per heavy atom. The molecule has 1 atom stereocenters. The van der Waals surface area contributed by atoms with Crippen molar-refractivity contribution in [2.45, 2.75) is 32.7 Å². The summed E-state index contributed by atoms with van der Waals surface area (Å²) in [6.45, 7) is 3.48. The highest BCUT2D eigenvalue weighted by molar-refractivity contribution is 8.13. The van der Waals surface area contributed by atoms with Crippen molar-refractivity contribution >= 4 is 28.8 Å². The summed E-state index contributed by atoms with van der Waals surface area (Å²) in [6.07, 6.45) is 0.618. The van der Waals surface area contributed by atoms with Crippen LogP contribution in [0.25, 0.3) is 0 Å². The average Bonchev–Trinajstić information content (AvgIpc) is 2.52. The SMILES string of the molecule is CCOC(=O)C(Cc1ccccc1)N(C)C(=O)CCSC(C)=O. The van der Waals surface area contributed by atoms with Crippen molar-refractivity contribution in [3.63, 3.8) is 0 Å². The van der Waals surface area contributed by atoms with E-state index in [2.05, 4.69) is 0 Å². The van der Waals surface area contributed by atoms with Crippen molar-refractivity contribution in [1.29, 1.82) is 0 Å². The number of ether oxygens (including phenoxy) is 1. The van der Waals surface area contributed by atoms with E-state index in [1.165, 1.54) is 11.8 Å². The van der Waals surface area contributed by atoms with Crippen molar-refractivity contribution < 1.29 is 19.1 Å². The van der Waals surface area contributed by atoms with Crippen LogP contribution in [0.2, 0.25) is 0 Å². The van der Waals surface area contributed by atoms with E-state index in [1.807, 2.05) is 30.3 Å². The average molecular weight is 337 g/mol. The zero-order valence-electron chi connectivity index (χ0n) is 13.8. The quantitative estimate of drug-likeness (QED) is 0.681. The van der Waals surface area contributed by atoms with Gasteiger partial charge in [-0.3, -0.25) is 9.59 Å². The summed E-state index contributed by atoms with van der Waals surface area (Å²) in [4.78, 5) is 36.8. The third kappa shape index (κ3) is 6.86. The summed E-state index contributed by atoms with van der Waals surface area (Å²) in [5.41, 5.74) is 0.961. The first kappa shape index (κ1) is 19.2. The molecule has 6 heteroatoms. The first-order valence-electron chi connectivity index (χ1n) is 7.55. The molecule has 0 aliphatic rings. The maximum absolute atomic E-state index is 12.3. The van der Waals surface area contributed by atoms with Crippen LogP contribution in [-0.2, 0) is 25.5 Å². The van der Waals surface area contributed by atoms with Crippen molar-refractivity contribution in [1.82, 2.24) is 4.90 Å². The molecular weight excluding hydrogens is 314 g/mol. The molecule has 1 unspecified atom stereocenters. The summed E-state index contributed by atoms with van der Waals surface area (Å²) in [5.74, 6) is -0.168. The van der Waals surface area contributed by atoms with Crippen molar-refractivity contribution in [2.75, 3.05) is 19.4 Å². The highest BCUT2D eigenvalue weighted by atomic mass is 32.2. The van der Waals surface area contributed by atoms with Gasteiger partial charge in [-0.25, -0.2) is 4.79 Å². The van der Waals surface area contributed by atoms with Gasteiger partial charge in [0, 0.05) is 32.6 Å². The van der Waals surface area contributed by atoms with Gasteiger partial charge in [0.2, 0.25) is 5.91 Å². The lowest BCUT2D eigenvalue weighted by atomic mass is 10.0. The van der Waals surface area contributed by atoms with E-state index in [0.717, 1.165) is 17.3 Å². The molecule has 1 aromatic rings. The molecule has 23 heavy (non-hydrogen) atoms. The molecule has 0 bridgehead atoms. The molecule has 0 spiro atoms. The van der Waals surface area contributed by atoms with Crippen molar-refractivity contribution in [2.24, 2.45) is 0 Å². The van der Waals surface area contributed by atoms with Crippen LogP contribution in [0.15, 0.2) is 30.3 Å². The number of thioether (sulfide) groups is 1. The van der Waals surface area contributed by atoms with E-state index in [4.69, 9.17) is 4.74 Å². The predicted molar refractivity (Wildman–Crippen MR) is 91.1 cm³/mol. The zero-order valence-corrected chi connectivity index (χ0v) is 14.6. The fourth-order valence-corrected chi connectivity index (χ4v) is 2.65. The van der Waals surface area contributed by atoms with Crippen LogP contribution in [0, 0.1) is 0 Å². The van der Waals surface area contributed by atoms with Crippen LogP contribution >= 0.6 is 11.8 Å². The van der Waals surface area contributed by atoms with Crippen molar-refractivity contribution in [3.05, 3.63) is 35.9 Å². The first-order valence-corrected chi connectivity index (χ1v) is 8.53. The lowest BCUT2D eigenvalue weighted by Crippen LogP contribution is -2.45. The second-order valence-electron chi connectivity index (χ2n) is 5.05. The van der Waals surface area contributed by atoms with Crippen LogP contribution in [-0.4, -0.2) is 47.3 Å².